The van der Waals surface area contributed by atoms with E-state index >= 15 is 0 Å². The number of para-hydroxylation sites is 2. The number of anilines is 6. The molecule has 3 aliphatic carbocycles. The van der Waals surface area contributed by atoms with E-state index in [1.54, 1.807) is 0 Å². The fraction of sp³-hybridized carbons (Fsp3) is 0.0571. The van der Waals surface area contributed by atoms with Crippen molar-refractivity contribution in [2.75, 3.05) is 9.80 Å². The Hall–Kier alpha value is -8.98. The summed E-state index contributed by atoms with van der Waals surface area (Å²) in [6.07, 6.45) is 0. The third kappa shape index (κ3) is 6.22. The van der Waals surface area contributed by atoms with Crippen LogP contribution in [0.5, 0.6) is 0 Å². The lowest BCUT2D eigenvalue weighted by molar-refractivity contribution is 0.660. The van der Waals surface area contributed by atoms with E-state index in [2.05, 4.69) is 291 Å². The van der Waals surface area contributed by atoms with Gasteiger partial charge in [-0.1, -0.05) is 214 Å². The first-order chi connectivity index (χ1) is 35.5. The minimum Gasteiger partial charge on any atom is -0.310 e. The van der Waals surface area contributed by atoms with Crippen molar-refractivity contribution in [2.45, 2.75) is 24.7 Å². The van der Waals surface area contributed by atoms with Gasteiger partial charge >= 0.3 is 0 Å². The molecule has 0 amide bonds. The molecule has 0 fully saturated rings. The van der Waals surface area contributed by atoms with Crippen molar-refractivity contribution in [2.24, 2.45) is 0 Å². The van der Waals surface area contributed by atoms with Crippen LogP contribution in [0.15, 0.2) is 267 Å². The molecule has 0 N–H and O–H groups in total. The molecule has 2 nitrogen and oxygen atoms in total. The number of hydrogen-bond donors (Lipinski definition) is 0. The second-order valence-corrected chi connectivity index (χ2v) is 20.0. The van der Waals surface area contributed by atoms with Gasteiger partial charge in [-0.2, -0.15) is 0 Å². The zero-order chi connectivity index (χ0) is 48.0. The van der Waals surface area contributed by atoms with Gasteiger partial charge in [0, 0.05) is 39.5 Å². The minimum absolute atomic E-state index is 0.276. The summed E-state index contributed by atoms with van der Waals surface area (Å²) in [6.45, 7) is 4.85. The minimum atomic E-state index is -0.399. The fourth-order valence-corrected chi connectivity index (χ4v) is 12.7. The maximum absolute atomic E-state index is 2.48. The molecule has 0 radical (unpaired) electrons. The summed E-state index contributed by atoms with van der Waals surface area (Å²) in [6, 6.07) is 98.7. The molecule has 3 aliphatic rings. The topological polar surface area (TPSA) is 6.48 Å². The van der Waals surface area contributed by atoms with Crippen LogP contribution in [-0.4, -0.2) is 0 Å². The Morgan fingerprint density at radius 1 is 0.236 bits per heavy atom. The van der Waals surface area contributed by atoms with Crippen molar-refractivity contribution < 1.29 is 0 Å². The predicted molar refractivity (Wildman–Crippen MR) is 301 cm³/mol. The number of nitrogens with zero attached hydrogens (tertiary/aromatic N) is 2. The second kappa shape index (κ2) is 16.3. The first-order valence-corrected chi connectivity index (χ1v) is 25.2. The quantitative estimate of drug-likeness (QED) is 0.150. The Bertz CT molecular complexity index is 3830. The molecule has 11 aromatic carbocycles. The molecule has 0 heterocycles. The molecule has 0 bridgehead atoms. The number of fused-ring (bicyclic) bond motifs is 14. The molecule has 2 heteroatoms. The molecule has 0 atom stereocenters. The standard InChI is InChI=1S/C70H50N2/c1-69(2)64-41-42-65-68(59-31-17-20-34-63(59)70(65)61-32-18-15-29-57(61)58-30-16-19-33-62(58)70)67(64)60-40-39-54(46-66(60)69)72(52-27-13-6-14-28-52)56-44-50(48-23-9-4-10-24-48)43-55(45-56)71(51-25-11-5-12-26-51)53-37-35-49(36-38-53)47-21-7-3-8-22-47/h3-46H,1-2H3. The lowest BCUT2D eigenvalue weighted by Gasteiger charge is -2.31. The molecular weight excluding hydrogens is 869 g/mol. The van der Waals surface area contributed by atoms with Crippen LogP contribution in [0.2, 0.25) is 0 Å². The molecule has 0 saturated heterocycles. The molecule has 0 aliphatic heterocycles. The summed E-state index contributed by atoms with van der Waals surface area (Å²) in [5.41, 5.74) is 26.7. The van der Waals surface area contributed by atoms with Crippen LogP contribution < -0.4 is 9.80 Å². The van der Waals surface area contributed by atoms with Crippen molar-refractivity contribution >= 4 is 34.1 Å². The average molecular weight is 919 g/mol. The SMILES string of the molecule is CC1(C)c2cc(N(c3ccccc3)c3cc(-c4ccccc4)cc(N(c4ccccc4)c4ccc(-c5ccccc5)cc4)c3)ccc2-c2c1ccc1c2-c2ccccc2C12c1ccccc1-c1ccccc12. The van der Waals surface area contributed by atoms with E-state index in [9.17, 15) is 0 Å². The third-order valence-corrected chi connectivity index (χ3v) is 15.8. The van der Waals surface area contributed by atoms with Crippen LogP contribution in [-0.2, 0) is 10.8 Å². The number of rotatable bonds is 8. The zero-order valence-corrected chi connectivity index (χ0v) is 40.3. The predicted octanol–water partition coefficient (Wildman–Crippen LogP) is 18.6. The van der Waals surface area contributed by atoms with E-state index in [1.165, 1.54) is 77.9 Å². The summed E-state index contributed by atoms with van der Waals surface area (Å²) >= 11 is 0. The molecular formula is C70H50N2. The lowest BCUT2D eigenvalue weighted by Crippen LogP contribution is -2.26. The Labute approximate surface area is 422 Å². The van der Waals surface area contributed by atoms with Crippen LogP contribution in [0.1, 0.15) is 47.2 Å². The van der Waals surface area contributed by atoms with Gasteiger partial charge in [0.05, 0.1) is 5.41 Å². The molecule has 11 aromatic rings. The monoisotopic (exact) mass is 918 g/mol. The van der Waals surface area contributed by atoms with Crippen molar-refractivity contribution in [3.63, 3.8) is 0 Å². The first kappa shape index (κ1) is 41.9. The summed E-state index contributed by atoms with van der Waals surface area (Å²) < 4.78 is 0. The van der Waals surface area contributed by atoms with Gasteiger partial charge in [0.1, 0.15) is 0 Å². The molecule has 0 saturated carbocycles. The van der Waals surface area contributed by atoms with Crippen LogP contribution >= 0.6 is 0 Å². The summed E-state index contributed by atoms with van der Waals surface area (Å²) in [4.78, 5) is 4.85. The third-order valence-electron chi connectivity index (χ3n) is 15.8. The van der Waals surface area contributed by atoms with Gasteiger partial charge in [-0.25, -0.2) is 0 Å². The van der Waals surface area contributed by atoms with E-state index in [-0.39, 0.29) is 5.41 Å². The van der Waals surface area contributed by atoms with Gasteiger partial charge in [0.2, 0.25) is 0 Å². The Kier molecular flexibility index (Phi) is 9.50. The number of benzene rings is 11. The van der Waals surface area contributed by atoms with Gasteiger partial charge in [0.15, 0.2) is 0 Å². The summed E-state index contributed by atoms with van der Waals surface area (Å²) in [5, 5.41) is 0. The normalized spacial score (nSPS) is 13.6. The van der Waals surface area contributed by atoms with Crippen LogP contribution in [0, 0.1) is 0 Å². The van der Waals surface area contributed by atoms with Crippen molar-refractivity contribution in [3.05, 3.63) is 300 Å². The molecule has 0 aromatic heterocycles. The van der Waals surface area contributed by atoms with E-state index in [1.807, 2.05) is 0 Å². The molecule has 14 rings (SSSR count). The highest BCUT2D eigenvalue weighted by Gasteiger charge is 2.53. The van der Waals surface area contributed by atoms with Gasteiger partial charge < -0.3 is 9.80 Å². The van der Waals surface area contributed by atoms with Crippen LogP contribution in [0.25, 0.3) is 55.6 Å². The highest BCUT2D eigenvalue weighted by atomic mass is 15.2. The first-order valence-electron chi connectivity index (χ1n) is 25.2. The molecule has 1 spiro atoms. The van der Waals surface area contributed by atoms with E-state index in [0.29, 0.717) is 0 Å². The highest BCUT2D eigenvalue weighted by Crippen LogP contribution is 2.66. The van der Waals surface area contributed by atoms with E-state index in [0.717, 1.165) is 45.3 Å². The van der Waals surface area contributed by atoms with Gasteiger partial charge in [-0.3, -0.25) is 0 Å². The Balaban J connectivity index is 0.962. The smallest absolute Gasteiger partial charge is 0.0725 e. The van der Waals surface area contributed by atoms with Crippen LogP contribution in [0.4, 0.5) is 34.1 Å². The lowest BCUT2D eigenvalue weighted by atomic mass is 9.70. The average Bonchev–Trinajstić information content (AvgIpc) is 4.01. The summed E-state index contributed by atoms with van der Waals surface area (Å²) in [7, 11) is 0. The fourth-order valence-electron chi connectivity index (χ4n) is 12.7. The molecule has 340 valence electrons. The van der Waals surface area contributed by atoms with E-state index in [4.69, 9.17) is 0 Å². The highest BCUT2D eigenvalue weighted by molar-refractivity contribution is 6.03. The van der Waals surface area contributed by atoms with Gasteiger partial charge in [-0.15, -0.1) is 0 Å². The van der Waals surface area contributed by atoms with Crippen molar-refractivity contribution in [1.29, 1.82) is 0 Å². The largest absolute Gasteiger partial charge is 0.310 e. The van der Waals surface area contributed by atoms with Crippen LogP contribution in [0.3, 0.4) is 0 Å². The molecule has 72 heavy (non-hydrogen) atoms. The Morgan fingerprint density at radius 3 is 1.19 bits per heavy atom. The Morgan fingerprint density at radius 2 is 0.625 bits per heavy atom. The van der Waals surface area contributed by atoms with E-state index < -0.39 is 5.41 Å². The van der Waals surface area contributed by atoms with Crippen molar-refractivity contribution in [3.8, 4) is 55.6 Å². The van der Waals surface area contributed by atoms with Gasteiger partial charge in [-0.05, 0) is 156 Å². The molecule has 0 unspecified atom stereocenters. The summed E-state index contributed by atoms with van der Waals surface area (Å²) in [5.74, 6) is 0. The van der Waals surface area contributed by atoms with Gasteiger partial charge in [0.25, 0.3) is 0 Å². The zero-order valence-electron chi connectivity index (χ0n) is 40.3. The number of hydrogen-bond acceptors (Lipinski definition) is 2. The maximum Gasteiger partial charge on any atom is 0.0725 e. The second-order valence-electron chi connectivity index (χ2n) is 20.0. The van der Waals surface area contributed by atoms with Crippen molar-refractivity contribution in [1.82, 2.24) is 0 Å². The maximum atomic E-state index is 2.48.